The first-order valence-electron chi connectivity index (χ1n) is 6.71. The molecular formula is C13H18O4. The normalized spacial score (nSPS) is 48.4. The molecule has 0 N–H and O–H groups in total. The largest absolute Gasteiger partial charge is 0.466 e. The van der Waals surface area contributed by atoms with Crippen LogP contribution < -0.4 is 0 Å². The third-order valence-corrected chi connectivity index (χ3v) is 5.33. The molecule has 1 saturated heterocycles. The molecule has 3 saturated carbocycles. The van der Waals surface area contributed by atoms with E-state index in [2.05, 4.69) is 0 Å². The predicted octanol–water partition coefficient (Wildman–Crippen LogP) is 1.34. The minimum Gasteiger partial charge on any atom is -0.466 e. The number of hydrogen-bond donors (Lipinski definition) is 0. The summed E-state index contributed by atoms with van der Waals surface area (Å²) in [5, 5.41) is 0. The van der Waals surface area contributed by atoms with Gasteiger partial charge in [-0.3, -0.25) is 4.79 Å². The first-order chi connectivity index (χ1) is 8.25. The molecule has 4 atom stereocenters. The van der Waals surface area contributed by atoms with Gasteiger partial charge in [-0.15, -0.1) is 0 Å². The molecular weight excluding hydrogens is 220 g/mol. The van der Waals surface area contributed by atoms with Crippen LogP contribution in [-0.2, 0) is 19.0 Å². The average molecular weight is 238 g/mol. The molecule has 3 aliphatic carbocycles. The van der Waals surface area contributed by atoms with Crippen molar-refractivity contribution in [2.24, 2.45) is 23.2 Å². The standard InChI is InChI=1S/C13H18O4/c1-2-15-11(14)13-8-3-4-9(13)10(13)12(7-8)16-5-6-17-12/h8-10H,2-7H2,1H3/t8-,9+,10+,13-/m1/s1. The number of ether oxygens (including phenoxy) is 3. The number of fused-ring (bicyclic) bond motifs is 2. The SMILES string of the molecule is CCOC(=O)[C@]12[C@@H]3CC[C@H]1[C@H]2C1(C3)OCCO1. The van der Waals surface area contributed by atoms with E-state index in [1.165, 1.54) is 0 Å². The summed E-state index contributed by atoms with van der Waals surface area (Å²) in [6, 6.07) is 0. The van der Waals surface area contributed by atoms with Crippen LogP contribution >= 0.6 is 0 Å². The van der Waals surface area contributed by atoms with Gasteiger partial charge in [-0.2, -0.15) is 0 Å². The summed E-state index contributed by atoms with van der Waals surface area (Å²) in [7, 11) is 0. The monoisotopic (exact) mass is 238 g/mol. The van der Waals surface area contributed by atoms with E-state index in [-0.39, 0.29) is 17.3 Å². The average Bonchev–Trinajstić information content (AvgIpc) is 2.61. The van der Waals surface area contributed by atoms with Gasteiger partial charge >= 0.3 is 5.97 Å². The van der Waals surface area contributed by atoms with Gasteiger partial charge in [0.25, 0.3) is 0 Å². The molecule has 94 valence electrons. The van der Waals surface area contributed by atoms with Gasteiger partial charge in [-0.05, 0) is 31.6 Å². The van der Waals surface area contributed by atoms with E-state index in [4.69, 9.17) is 14.2 Å². The molecule has 0 aromatic rings. The predicted molar refractivity (Wildman–Crippen MR) is 58.0 cm³/mol. The molecule has 0 radical (unpaired) electrons. The Kier molecular flexibility index (Phi) is 1.84. The van der Waals surface area contributed by atoms with Crippen molar-refractivity contribution >= 4 is 5.97 Å². The summed E-state index contributed by atoms with van der Waals surface area (Å²) in [6.07, 6.45) is 3.17. The Hall–Kier alpha value is -0.610. The van der Waals surface area contributed by atoms with Gasteiger partial charge in [-0.25, -0.2) is 0 Å². The van der Waals surface area contributed by atoms with Crippen molar-refractivity contribution in [1.82, 2.24) is 0 Å². The molecule has 1 spiro atoms. The van der Waals surface area contributed by atoms with Gasteiger partial charge in [0.05, 0.1) is 25.2 Å². The highest BCUT2D eigenvalue weighted by molar-refractivity contribution is 5.84. The van der Waals surface area contributed by atoms with Gasteiger partial charge in [0.2, 0.25) is 0 Å². The number of rotatable bonds is 2. The van der Waals surface area contributed by atoms with Gasteiger partial charge in [-0.1, -0.05) is 0 Å². The van der Waals surface area contributed by atoms with Gasteiger partial charge in [0.1, 0.15) is 0 Å². The highest BCUT2D eigenvalue weighted by Crippen LogP contribution is 2.82. The van der Waals surface area contributed by atoms with Gasteiger partial charge in [0, 0.05) is 12.3 Å². The maximum atomic E-state index is 12.3. The highest BCUT2D eigenvalue weighted by atomic mass is 16.7. The fourth-order valence-electron chi connectivity index (χ4n) is 4.94. The van der Waals surface area contributed by atoms with Crippen LogP contribution in [0.4, 0.5) is 0 Å². The third-order valence-electron chi connectivity index (χ3n) is 5.33. The molecule has 4 heteroatoms. The Bertz CT molecular complexity index is 374. The number of carbonyl (C=O) groups excluding carboxylic acids is 1. The first-order valence-corrected chi connectivity index (χ1v) is 6.71. The summed E-state index contributed by atoms with van der Waals surface area (Å²) in [4.78, 5) is 12.3. The lowest BCUT2D eigenvalue weighted by atomic mass is 9.92. The van der Waals surface area contributed by atoms with Crippen LogP contribution in [0, 0.1) is 23.2 Å². The van der Waals surface area contributed by atoms with Crippen molar-refractivity contribution < 1.29 is 19.0 Å². The number of carbonyl (C=O) groups is 1. The number of hydrogen-bond acceptors (Lipinski definition) is 4. The Morgan fingerprint density at radius 1 is 1.35 bits per heavy atom. The van der Waals surface area contributed by atoms with E-state index in [1.807, 2.05) is 6.92 Å². The number of esters is 1. The van der Waals surface area contributed by atoms with Gasteiger partial charge < -0.3 is 14.2 Å². The zero-order chi connectivity index (χ0) is 11.7. The van der Waals surface area contributed by atoms with Crippen LogP contribution in [0.1, 0.15) is 26.2 Å². The summed E-state index contributed by atoms with van der Waals surface area (Å²) < 4.78 is 17.0. The summed E-state index contributed by atoms with van der Waals surface area (Å²) in [5.74, 6) is 0.732. The highest BCUT2D eigenvalue weighted by Gasteiger charge is 2.87. The van der Waals surface area contributed by atoms with Crippen molar-refractivity contribution in [1.29, 1.82) is 0 Å². The second kappa shape index (κ2) is 3.04. The molecule has 0 unspecified atom stereocenters. The molecule has 0 amide bonds. The Morgan fingerprint density at radius 2 is 2.12 bits per heavy atom. The minimum atomic E-state index is -0.432. The molecule has 4 aliphatic rings. The van der Waals surface area contributed by atoms with Gasteiger partial charge in [0.15, 0.2) is 5.79 Å². The van der Waals surface area contributed by atoms with E-state index in [0.717, 1.165) is 19.3 Å². The molecule has 4 fully saturated rings. The van der Waals surface area contributed by atoms with Crippen molar-refractivity contribution in [2.75, 3.05) is 19.8 Å². The van der Waals surface area contributed by atoms with Crippen molar-refractivity contribution in [2.45, 2.75) is 32.0 Å². The van der Waals surface area contributed by atoms with Crippen LogP contribution in [0.15, 0.2) is 0 Å². The van der Waals surface area contributed by atoms with E-state index in [1.54, 1.807) is 0 Å². The maximum absolute atomic E-state index is 12.3. The van der Waals surface area contributed by atoms with E-state index in [0.29, 0.717) is 31.7 Å². The lowest BCUT2D eigenvalue weighted by Crippen LogP contribution is -2.31. The van der Waals surface area contributed by atoms with E-state index < -0.39 is 5.79 Å². The molecule has 1 heterocycles. The van der Waals surface area contributed by atoms with Crippen LogP contribution in [-0.4, -0.2) is 31.6 Å². The molecule has 0 bridgehead atoms. The third kappa shape index (κ3) is 0.968. The molecule has 0 aromatic carbocycles. The minimum absolute atomic E-state index is 0.00785. The van der Waals surface area contributed by atoms with Crippen molar-refractivity contribution in [3.05, 3.63) is 0 Å². The molecule has 4 rings (SSSR count). The fraction of sp³-hybridized carbons (Fsp3) is 0.923. The summed E-state index contributed by atoms with van der Waals surface area (Å²) in [6.45, 7) is 3.70. The summed E-state index contributed by atoms with van der Waals surface area (Å²) in [5.41, 5.74) is -0.236. The smallest absolute Gasteiger partial charge is 0.313 e. The van der Waals surface area contributed by atoms with Crippen molar-refractivity contribution in [3.63, 3.8) is 0 Å². The maximum Gasteiger partial charge on any atom is 0.313 e. The molecule has 17 heavy (non-hydrogen) atoms. The first kappa shape index (κ1) is 10.3. The second-order valence-electron chi connectivity index (χ2n) is 5.72. The Morgan fingerprint density at radius 3 is 2.76 bits per heavy atom. The van der Waals surface area contributed by atoms with E-state index >= 15 is 0 Å². The molecule has 0 aromatic heterocycles. The van der Waals surface area contributed by atoms with Crippen LogP contribution in [0.2, 0.25) is 0 Å². The summed E-state index contributed by atoms with van der Waals surface area (Å²) >= 11 is 0. The lowest BCUT2D eigenvalue weighted by Gasteiger charge is -2.24. The van der Waals surface area contributed by atoms with Crippen LogP contribution in [0.25, 0.3) is 0 Å². The molecule has 4 nitrogen and oxygen atoms in total. The van der Waals surface area contributed by atoms with Crippen LogP contribution in [0.3, 0.4) is 0 Å². The Balaban J connectivity index is 1.69. The fourth-order valence-corrected chi connectivity index (χ4v) is 4.94. The zero-order valence-corrected chi connectivity index (χ0v) is 10.1. The van der Waals surface area contributed by atoms with Crippen LogP contribution in [0.5, 0.6) is 0 Å². The van der Waals surface area contributed by atoms with E-state index in [9.17, 15) is 4.79 Å². The lowest BCUT2D eigenvalue weighted by molar-refractivity contribution is -0.172. The topological polar surface area (TPSA) is 44.8 Å². The quantitative estimate of drug-likeness (QED) is 0.681. The second-order valence-corrected chi connectivity index (χ2v) is 5.72. The van der Waals surface area contributed by atoms with Crippen molar-refractivity contribution in [3.8, 4) is 0 Å². The molecule has 1 aliphatic heterocycles. The zero-order valence-electron chi connectivity index (χ0n) is 10.1. The Labute approximate surface area is 101 Å².